The molecule has 29 heavy (non-hydrogen) atoms. The van der Waals surface area contributed by atoms with E-state index in [0.29, 0.717) is 45.9 Å². The number of carbonyl (C=O) groups is 2. The second kappa shape index (κ2) is 10.8. The van der Waals surface area contributed by atoms with E-state index in [2.05, 4.69) is 15.1 Å². The number of likely N-dealkylation sites (tertiary alicyclic amines) is 1. The van der Waals surface area contributed by atoms with Crippen LogP contribution in [0, 0.1) is 0 Å². The highest BCUT2D eigenvalue weighted by Gasteiger charge is 2.27. The van der Waals surface area contributed by atoms with E-state index in [4.69, 9.17) is 16.3 Å². The van der Waals surface area contributed by atoms with Crippen LogP contribution >= 0.6 is 11.6 Å². The Balaban J connectivity index is 1.49. The molecule has 2 saturated heterocycles. The van der Waals surface area contributed by atoms with E-state index in [-0.39, 0.29) is 18.0 Å². The highest BCUT2D eigenvalue weighted by molar-refractivity contribution is 6.31. The molecule has 1 aromatic carbocycles. The van der Waals surface area contributed by atoms with Crippen LogP contribution in [0.25, 0.3) is 0 Å². The molecule has 7 nitrogen and oxygen atoms in total. The van der Waals surface area contributed by atoms with Crippen molar-refractivity contribution in [1.82, 2.24) is 20.0 Å². The van der Waals surface area contributed by atoms with Crippen molar-refractivity contribution >= 4 is 23.6 Å². The van der Waals surface area contributed by atoms with Crippen molar-refractivity contribution in [2.24, 2.45) is 0 Å². The summed E-state index contributed by atoms with van der Waals surface area (Å²) < 4.78 is 5.04. The Morgan fingerprint density at radius 1 is 1.10 bits per heavy atom. The van der Waals surface area contributed by atoms with Crippen molar-refractivity contribution in [3.63, 3.8) is 0 Å². The number of piperazine rings is 1. The third kappa shape index (κ3) is 6.07. The zero-order chi connectivity index (χ0) is 20.6. The summed E-state index contributed by atoms with van der Waals surface area (Å²) in [6, 6.07) is 7.98. The molecule has 1 atom stereocenters. The number of hydrogen-bond acceptors (Lipinski definition) is 5. The van der Waals surface area contributed by atoms with Crippen LogP contribution in [0.2, 0.25) is 5.02 Å². The molecule has 0 radical (unpaired) electrons. The lowest BCUT2D eigenvalue weighted by atomic mass is 10.1. The van der Waals surface area contributed by atoms with Crippen molar-refractivity contribution < 1.29 is 14.3 Å². The normalized spacial score (nSPS) is 19.2. The van der Waals surface area contributed by atoms with Crippen LogP contribution in [-0.2, 0) is 9.53 Å². The largest absolute Gasteiger partial charge is 0.450 e. The Kier molecular flexibility index (Phi) is 8.15. The number of amides is 2. The van der Waals surface area contributed by atoms with Gasteiger partial charge in [0, 0.05) is 37.7 Å². The number of rotatable bonds is 7. The van der Waals surface area contributed by atoms with Crippen LogP contribution in [0.3, 0.4) is 0 Å². The van der Waals surface area contributed by atoms with Crippen molar-refractivity contribution in [1.29, 1.82) is 0 Å². The Morgan fingerprint density at radius 2 is 1.79 bits per heavy atom. The Bertz CT molecular complexity index is 688. The number of nitrogens with one attached hydrogen (secondary N) is 1. The quantitative estimate of drug-likeness (QED) is 0.730. The lowest BCUT2D eigenvalue weighted by Gasteiger charge is -2.34. The summed E-state index contributed by atoms with van der Waals surface area (Å²) in [4.78, 5) is 30.5. The van der Waals surface area contributed by atoms with E-state index in [0.717, 1.165) is 23.7 Å². The number of ether oxygens (including phenoxy) is 1. The van der Waals surface area contributed by atoms with E-state index in [9.17, 15) is 9.59 Å². The molecule has 2 aliphatic heterocycles. The maximum absolute atomic E-state index is 12.6. The summed E-state index contributed by atoms with van der Waals surface area (Å²) in [5.74, 6) is 0.00540. The monoisotopic (exact) mass is 422 g/mol. The van der Waals surface area contributed by atoms with Gasteiger partial charge in [-0.3, -0.25) is 14.6 Å². The Hall–Kier alpha value is -1.83. The highest BCUT2D eigenvalue weighted by atomic mass is 35.5. The third-order valence-corrected chi connectivity index (χ3v) is 5.95. The number of halogens is 1. The lowest BCUT2D eigenvalue weighted by Crippen LogP contribution is -2.51. The first-order chi connectivity index (χ1) is 14.1. The molecule has 2 heterocycles. The van der Waals surface area contributed by atoms with E-state index in [1.54, 1.807) is 11.8 Å². The van der Waals surface area contributed by atoms with Crippen molar-refractivity contribution in [3.05, 3.63) is 34.9 Å². The van der Waals surface area contributed by atoms with Crippen LogP contribution in [0.4, 0.5) is 4.79 Å². The average molecular weight is 423 g/mol. The van der Waals surface area contributed by atoms with E-state index in [1.807, 2.05) is 24.3 Å². The molecule has 0 aromatic heterocycles. The fourth-order valence-corrected chi connectivity index (χ4v) is 4.27. The molecule has 1 unspecified atom stereocenters. The molecule has 2 fully saturated rings. The van der Waals surface area contributed by atoms with Gasteiger partial charge in [0.2, 0.25) is 5.91 Å². The zero-order valence-corrected chi connectivity index (χ0v) is 17.9. The van der Waals surface area contributed by atoms with Gasteiger partial charge in [-0.25, -0.2) is 4.79 Å². The SMILES string of the molecule is CCOC(=O)N1CCN(CC(=O)NCC(c2ccccc2Cl)N2CCCC2)CC1. The molecule has 160 valence electrons. The number of hydrogen-bond donors (Lipinski definition) is 1. The van der Waals surface area contributed by atoms with Crippen LogP contribution in [0.5, 0.6) is 0 Å². The molecule has 1 aromatic rings. The van der Waals surface area contributed by atoms with Crippen molar-refractivity contribution in [2.75, 3.05) is 59.0 Å². The van der Waals surface area contributed by atoms with Crippen molar-refractivity contribution in [3.8, 4) is 0 Å². The van der Waals surface area contributed by atoms with Crippen LogP contribution < -0.4 is 5.32 Å². The molecule has 0 aliphatic carbocycles. The predicted molar refractivity (Wildman–Crippen MR) is 113 cm³/mol. The van der Waals surface area contributed by atoms with Gasteiger partial charge >= 0.3 is 6.09 Å². The van der Waals surface area contributed by atoms with Crippen LogP contribution in [0.1, 0.15) is 31.4 Å². The summed E-state index contributed by atoms with van der Waals surface area (Å²) in [5.41, 5.74) is 1.07. The maximum atomic E-state index is 12.6. The van der Waals surface area contributed by atoms with Gasteiger partial charge in [-0.05, 0) is 44.5 Å². The molecular weight excluding hydrogens is 392 g/mol. The molecule has 0 spiro atoms. The van der Waals surface area contributed by atoms with Gasteiger partial charge in [-0.2, -0.15) is 0 Å². The highest BCUT2D eigenvalue weighted by Crippen LogP contribution is 2.29. The molecule has 8 heteroatoms. The second-order valence-electron chi connectivity index (χ2n) is 7.55. The first kappa shape index (κ1) is 21.9. The minimum atomic E-state index is -0.273. The van der Waals surface area contributed by atoms with E-state index < -0.39 is 0 Å². The van der Waals surface area contributed by atoms with Crippen LogP contribution in [-0.4, -0.2) is 85.7 Å². The molecule has 1 N–H and O–H groups in total. The molecular formula is C21H31ClN4O3. The standard InChI is InChI=1S/C21H31ClN4O3/c1-2-29-21(28)26-13-11-24(12-14-26)16-20(27)23-15-19(25-9-5-6-10-25)17-7-3-4-8-18(17)22/h3-4,7-8,19H,2,5-6,9-16H2,1H3,(H,23,27). The average Bonchev–Trinajstić information content (AvgIpc) is 3.25. The summed E-state index contributed by atoms with van der Waals surface area (Å²) in [6.07, 6.45) is 2.09. The zero-order valence-electron chi connectivity index (χ0n) is 17.1. The topological polar surface area (TPSA) is 65.1 Å². The number of benzene rings is 1. The maximum Gasteiger partial charge on any atom is 0.409 e. The van der Waals surface area contributed by atoms with Gasteiger partial charge in [0.05, 0.1) is 19.2 Å². The predicted octanol–water partition coefficient (Wildman–Crippen LogP) is 2.37. The van der Waals surface area contributed by atoms with E-state index >= 15 is 0 Å². The number of nitrogens with zero attached hydrogens (tertiary/aromatic N) is 3. The van der Waals surface area contributed by atoms with Gasteiger partial charge in [0.25, 0.3) is 0 Å². The molecule has 0 saturated carbocycles. The summed E-state index contributed by atoms with van der Waals surface area (Å²) in [6.45, 7) is 7.64. The van der Waals surface area contributed by atoms with Gasteiger partial charge < -0.3 is 15.0 Å². The lowest BCUT2D eigenvalue weighted by molar-refractivity contribution is -0.122. The molecule has 3 rings (SSSR count). The minimum absolute atomic E-state index is 0.00540. The molecule has 0 bridgehead atoms. The molecule has 2 amide bonds. The van der Waals surface area contributed by atoms with Gasteiger partial charge in [0.1, 0.15) is 0 Å². The summed E-state index contributed by atoms with van der Waals surface area (Å²) in [7, 11) is 0. The first-order valence-corrected chi connectivity index (χ1v) is 10.9. The minimum Gasteiger partial charge on any atom is -0.450 e. The Morgan fingerprint density at radius 3 is 2.45 bits per heavy atom. The summed E-state index contributed by atoms with van der Waals surface area (Å²) in [5, 5.41) is 3.84. The van der Waals surface area contributed by atoms with Gasteiger partial charge in [-0.15, -0.1) is 0 Å². The third-order valence-electron chi connectivity index (χ3n) is 5.60. The van der Waals surface area contributed by atoms with Gasteiger partial charge in [-0.1, -0.05) is 29.8 Å². The van der Waals surface area contributed by atoms with E-state index in [1.165, 1.54) is 12.8 Å². The number of carbonyl (C=O) groups excluding carboxylic acids is 2. The van der Waals surface area contributed by atoms with Gasteiger partial charge in [0.15, 0.2) is 0 Å². The Labute approximate surface area is 177 Å². The fourth-order valence-electron chi connectivity index (χ4n) is 4.01. The second-order valence-corrected chi connectivity index (χ2v) is 7.95. The van der Waals surface area contributed by atoms with Crippen molar-refractivity contribution in [2.45, 2.75) is 25.8 Å². The first-order valence-electron chi connectivity index (χ1n) is 10.5. The van der Waals surface area contributed by atoms with Crippen LogP contribution in [0.15, 0.2) is 24.3 Å². The smallest absolute Gasteiger partial charge is 0.409 e. The fraction of sp³-hybridized carbons (Fsp3) is 0.619. The molecule has 2 aliphatic rings. The summed E-state index contributed by atoms with van der Waals surface area (Å²) >= 11 is 6.44.